The minimum atomic E-state index is -0.534. The van der Waals surface area contributed by atoms with Gasteiger partial charge in [-0.05, 0) is 74.9 Å². The minimum Gasteiger partial charge on any atom is -0.466 e. The third-order valence-corrected chi connectivity index (χ3v) is 6.79. The molecule has 0 bridgehead atoms. The van der Waals surface area contributed by atoms with Crippen LogP contribution in [-0.4, -0.2) is 25.7 Å². The second kappa shape index (κ2) is 9.00. The quantitative estimate of drug-likeness (QED) is 0.572. The fraction of sp³-hybridized carbons (Fsp3) is 0.417. The molecule has 1 heterocycles. The van der Waals surface area contributed by atoms with E-state index in [0.29, 0.717) is 31.4 Å². The molecule has 0 aliphatic carbocycles. The van der Waals surface area contributed by atoms with Crippen LogP contribution in [0.1, 0.15) is 42.0 Å². The van der Waals surface area contributed by atoms with Gasteiger partial charge in [0.25, 0.3) is 0 Å². The van der Waals surface area contributed by atoms with Crippen molar-refractivity contribution in [2.45, 2.75) is 40.0 Å². The van der Waals surface area contributed by atoms with Crippen LogP contribution in [0.3, 0.4) is 0 Å². The number of hydrogen-bond donors (Lipinski definition) is 0. The normalized spacial score (nSPS) is 15.6. The third-order valence-electron chi connectivity index (χ3n) is 5.94. The van der Waals surface area contributed by atoms with Crippen molar-refractivity contribution in [2.24, 2.45) is 5.41 Å². The van der Waals surface area contributed by atoms with Gasteiger partial charge >= 0.3 is 5.97 Å². The van der Waals surface area contributed by atoms with Gasteiger partial charge in [-0.25, -0.2) is 0 Å². The molecule has 0 spiro atoms. The van der Waals surface area contributed by atoms with E-state index in [1.807, 2.05) is 31.2 Å². The van der Waals surface area contributed by atoms with Gasteiger partial charge < -0.3 is 9.64 Å². The predicted octanol–water partition coefficient (Wildman–Crippen LogP) is 5.33. The Balaban J connectivity index is 1.87. The van der Waals surface area contributed by atoms with Crippen LogP contribution in [0.2, 0.25) is 0 Å². The van der Waals surface area contributed by atoms with Crippen molar-refractivity contribution in [3.63, 3.8) is 0 Å². The molecule has 1 aliphatic rings. The summed E-state index contributed by atoms with van der Waals surface area (Å²) in [6.45, 7) is 7.88. The van der Waals surface area contributed by atoms with Gasteiger partial charge in [-0.2, -0.15) is 5.26 Å². The van der Waals surface area contributed by atoms with E-state index in [-0.39, 0.29) is 5.97 Å². The van der Waals surface area contributed by atoms with Crippen molar-refractivity contribution < 1.29 is 9.53 Å². The number of nitrogens with zero attached hydrogens (tertiary/aromatic N) is 2. The SMILES string of the molecule is CCOC(=O)C1(Cc2cc(Br)c(C)cc2C)CCN(c2ccccc2C#N)CC1. The zero-order valence-corrected chi connectivity index (χ0v) is 18.9. The Bertz CT molecular complexity index is 940. The summed E-state index contributed by atoms with van der Waals surface area (Å²) in [5.41, 5.74) is 4.66. The van der Waals surface area contributed by atoms with E-state index < -0.39 is 5.41 Å². The van der Waals surface area contributed by atoms with Crippen molar-refractivity contribution in [2.75, 3.05) is 24.6 Å². The standard InChI is InChI=1S/C24H27BrN2O2/c1-4-29-23(28)24(15-20-14-21(25)18(3)13-17(20)2)9-11-27(12-10-24)22-8-6-5-7-19(22)16-26/h5-8,13-14H,4,9-12,15H2,1-3H3. The van der Waals surface area contributed by atoms with Crippen LogP contribution in [0.15, 0.2) is 40.9 Å². The first-order chi connectivity index (χ1) is 13.9. The van der Waals surface area contributed by atoms with Gasteiger partial charge in [0, 0.05) is 17.6 Å². The number of para-hydroxylation sites is 1. The Hall–Kier alpha value is -2.32. The molecule has 1 saturated heterocycles. The topological polar surface area (TPSA) is 53.3 Å². The molecule has 0 aromatic heterocycles. The molecule has 1 aliphatic heterocycles. The number of rotatable bonds is 5. The maximum absolute atomic E-state index is 13.0. The molecule has 1 fully saturated rings. The number of nitriles is 1. The average molecular weight is 455 g/mol. The number of esters is 1. The fourth-order valence-corrected chi connectivity index (χ4v) is 4.57. The maximum atomic E-state index is 13.0. The van der Waals surface area contributed by atoms with Gasteiger partial charge in [-0.15, -0.1) is 0 Å². The molecular formula is C24H27BrN2O2. The molecule has 0 unspecified atom stereocenters. The van der Waals surface area contributed by atoms with Gasteiger partial charge in [0.1, 0.15) is 6.07 Å². The Morgan fingerprint density at radius 1 is 1.21 bits per heavy atom. The van der Waals surface area contributed by atoms with Crippen LogP contribution in [0, 0.1) is 30.6 Å². The fourth-order valence-electron chi connectivity index (χ4n) is 4.18. The lowest BCUT2D eigenvalue weighted by Gasteiger charge is -2.41. The zero-order valence-electron chi connectivity index (χ0n) is 17.3. The number of ether oxygens (including phenoxy) is 1. The van der Waals surface area contributed by atoms with Crippen molar-refractivity contribution >= 4 is 27.6 Å². The summed E-state index contributed by atoms with van der Waals surface area (Å²) in [6.07, 6.45) is 2.08. The summed E-state index contributed by atoms with van der Waals surface area (Å²) in [7, 11) is 0. The largest absolute Gasteiger partial charge is 0.466 e. The van der Waals surface area contributed by atoms with Crippen LogP contribution in [0.25, 0.3) is 0 Å². The highest BCUT2D eigenvalue weighted by Crippen LogP contribution is 2.40. The number of carbonyl (C=O) groups is 1. The van der Waals surface area contributed by atoms with Crippen molar-refractivity contribution in [1.29, 1.82) is 5.26 Å². The molecule has 3 rings (SSSR count). The summed E-state index contributed by atoms with van der Waals surface area (Å²) in [6, 6.07) is 14.2. The Morgan fingerprint density at radius 3 is 2.55 bits per heavy atom. The predicted molar refractivity (Wildman–Crippen MR) is 119 cm³/mol. The van der Waals surface area contributed by atoms with Crippen molar-refractivity contribution in [3.05, 3.63) is 63.1 Å². The third kappa shape index (κ3) is 4.48. The molecular weight excluding hydrogens is 428 g/mol. The number of piperidine rings is 1. The Morgan fingerprint density at radius 2 is 1.90 bits per heavy atom. The summed E-state index contributed by atoms with van der Waals surface area (Å²) in [5, 5.41) is 9.43. The molecule has 0 amide bonds. The molecule has 5 heteroatoms. The molecule has 0 N–H and O–H groups in total. The average Bonchev–Trinajstić information content (AvgIpc) is 2.72. The first-order valence-corrected chi connectivity index (χ1v) is 10.9. The highest BCUT2D eigenvalue weighted by Gasteiger charge is 2.43. The van der Waals surface area contributed by atoms with E-state index in [2.05, 4.69) is 52.9 Å². The van der Waals surface area contributed by atoms with Gasteiger partial charge in [-0.1, -0.05) is 34.1 Å². The number of halogens is 1. The highest BCUT2D eigenvalue weighted by molar-refractivity contribution is 9.10. The highest BCUT2D eigenvalue weighted by atomic mass is 79.9. The zero-order chi connectivity index (χ0) is 21.0. The minimum absolute atomic E-state index is 0.107. The van der Waals surface area contributed by atoms with E-state index >= 15 is 0 Å². The molecule has 152 valence electrons. The first kappa shape index (κ1) is 21.4. The molecule has 4 nitrogen and oxygen atoms in total. The van der Waals surface area contributed by atoms with Crippen LogP contribution in [0.5, 0.6) is 0 Å². The molecule has 0 atom stereocenters. The number of aryl methyl sites for hydroxylation is 2. The van der Waals surface area contributed by atoms with Gasteiger partial charge in [0.05, 0.1) is 23.3 Å². The number of benzene rings is 2. The monoisotopic (exact) mass is 454 g/mol. The van der Waals surface area contributed by atoms with E-state index in [4.69, 9.17) is 4.74 Å². The van der Waals surface area contributed by atoms with Crippen LogP contribution < -0.4 is 4.90 Å². The number of carbonyl (C=O) groups excluding carboxylic acids is 1. The maximum Gasteiger partial charge on any atom is 0.312 e. The van der Waals surface area contributed by atoms with E-state index in [0.717, 1.165) is 23.2 Å². The van der Waals surface area contributed by atoms with Gasteiger partial charge in [-0.3, -0.25) is 4.79 Å². The number of hydrogen-bond acceptors (Lipinski definition) is 4. The first-order valence-electron chi connectivity index (χ1n) is 10.1. The summed E-state index contributed by atoms with van der Waals surface area (Å²) >= 11 is 3.63. The molecule has 0 radical (unpaired) electrons. The molecule has 29 heavy (non-hydrogen) atoms. The van der Waals surface area contributed by atoms with E-state index in [1.54, 1.807) is 0 Å². The summed E-state index contributed by atoms with van der Waals surface area (Å²) in [4.78, 5) is 15.3. The van der Waals surface area contributed by atoms with Crippen LogP contribution >= 0.6 is 15.9 Å². The second-order valence-electron chi connectivity index (χ2n) is 7.82. The van der Waals surface area contributed by atoms with Crippen molar-refractivity contribution in [3.8, 4) is 6.07 Å². The van der Waals surface area contributed by atoms with Crippen molar-refractivity contribution in [1.82, 2.24) is 0 Å². The molecule has 0 saturated carbocycles. The number of anilines is 1. The molecule has 2 aromatic carbocycles. The van der Waals surface area contributed by atoms with Crippen LogP contribution in [0.4, 0.5) is 5.69 Å². The van der Waals surface area contributed by atoms with E-state index in [9.17, 15) is 10.1 Å². The second-order valence-corrected chi connectivity index (χ2v) is 8.68. The van der Waals surface area contributed by atoms with Gasteiger partial charge in [0.15, 0.2) is 0 Å². The smallest absolute Gasteiger partial charge is 0.312 e. The van der Waals surface area contributed by atoms with Crippen LogP contribution in [-0.2, 0) is 16.0 Å². The Labute approximate surface area is 181 Å². The van der Waals surface area contributed by atoms with E-state index in [1.165, 1.54) is 16.7 Å². The molecule has 2 aromatic rings. The van der Waals surface area contributed by atoms with Gasteiger partial charge in [0.2, 0.25) is 0 Å². The lowest BCUT2D eigenvalue weighted by atomic mass is 9.73. The lowest BCUT2D eigenvalue weighted by molar-refractivity contribution is -0.156. The summed E-state index contributed by atoms with van der Waals surface area (Å²) in [5.74, 6) is -0.107. The lowest BCUT2D eigenvalue weighted by Crippen LogP contribution is -2.46. The Kier molecular flexibility index (Phi) is 6.64. The summed E-state index contributed by atoms with van der Waals surface area (Å²) < 4.78 is 6.58.